The number of benzene rings is 2. The van der Waals surface area contributed by atoms with E-state index in [0.29, 0.717) is 18.7 Å². The van der Waals surface area contributed by atoms with E-state index in [1.165, 1.54) is 6.92 Å². The van der Waals surface area contributed by atoms with Crippen LogP contribution in [0, 0.1) is 0 Å². The summed E-state index contributed by atoms with van der Waals surface area (Å²) in [4.78, 5) is 14.2. The molecule has 23 heavy (non-hydrogen) atoms. The molecule has 0 radical (unpaired) electrons. The molecule has 0 bridgehead atoms. The SMILES string of the molecule is C[C@@H](C(=O)N(CCc1ccccc1)c1ccccc1)S(C)(=O)=O. The van der Waals surface area contributed by atoms with Gasteiger partial charge in [-0.1, -0.05) is 48.5 Å². The van der Waals surface area contributed by atoms with Crippen molar-refractivity contribution in [2.75, 3.05) is 17.7 Å². The summed E-state index contributed by atoms with van der Waals surface area (Å²) in [6.45, 7) is 1.88. The first-order valence-electron chi connectivity index (χ1n) is 7.49. The molecule has 0 aliphatic carbocycles. The number of hydrogen-bond donors (Lipinski definition) is 0. The average Bonchev–Trinajstić information content (AvgIpc) is 2.55. The zero-order chi connectivity index (χ0) is 16.9. The van der Waals surface area contributed by atoms with Crippen LogP contribution in [0.4, 0.5) is 5.69 Å². The van der Waals surface area contributed by atoms with Gasteiger partial charge in [0.05, 0.1) is 0 Å². The number of hydrogen-bond acceptors (Lipinski definition) is 3. The largest absolute Gasteiger partial charge is 0.311 e. The number of nitrogens with zero attached hydrogens (tertiary/aromatic N) is 1. The van der Waals surface area contributed by atoms with Gasteiger partial charge in [-0.3, -0.25) is 4.79 Å². The van der Waals surface area contributed by atoms with Gasteiger partial charge in [0.2, 0.25) is 5.91 Å². The minimum atomic E-state index is -3.43. The number of rotatable bonds is 6. The Morgan fingerprint density at radius 1 is 1.00 bits per heavy atom. The maximum atomic E-state index is 12.7. The van der Waals surface area contributed by atoms with Crippen LogP contribution in [0.15, 0.2) is 60.7 Å². The summed E-state index contributed by atoms with van der Waals surface area (Å²) < 4.78 is 23.5. The smallest absolute Gasteiger partial charge is 0.245 e. The second kappa shape index (κ2) is 7.42. The van der Waals surface area contributed by atoms with E-state index in [4.69, 9.17) is 0 Å². The normalized spacial score (nSPS) is 12.6. The molecule has 0 aliphatic heterocycles. The molecule has 0 aliphatic rings. The highest BCUT2D eigenvalue weighted by Gasteiger charge is 2.29. The van der Waals surface area contributed by atoms with Crippen LogP contribution in [0.2, 0.25) is 0 Å². The van der Waals surface area contributed by atoms with Crippen LogP contribution in [0.3, 0.4) is 0 Å². The lowest BCUT2D eigenvalue weighted by molar-refractivity contribution is -0.117. The second-order valence-electron chi connectivity index (χ2n) is 5.53. The van der Waals surface area contributed by atoms with E-state index in [9.17, 15) is 13.2 Å². The molecule has 122 valence electrons. The van der Waals surface area contributed by atoms with Gasteiger partial charge in [-0.2, -0.15) is 0 Å². The van der Waals surface area contributed by atoms with E-state index in [1.54, 1.807) is 4.90 Å². The number of carbonyl (C=O) groups is 1. The van der Waals surface area contributed by atoms with Gasteiger partial charge in [0, 0.05) is 18.5 Å². The van der Waals surface area contributed by atoms with Crippen LogP contribution in [-0.2, 0) is 21.1 Å². The first-order chi connectivity index (χ1) is 10.9. The van der Waals surface area contributed by atoms with Crippen molar-refractivity contribution >= 4 is 21.4 Å². The highest BCUT2D eigenvalue weighted by Crippen LogP contribution is 2.17. The van der Waals surface area contributed by atoms with E-state index in [2.05, 4.69) is 0 Å². The Kier molecular flexibility index (Phi) is 5.55. The molecule has 2 rings (SSSR count). The van der Waals surface area contributed by atoms with Crippen LogP contribution >= 0.6 is 0 Å². The zero-order valence-corrected chi connectivity index (χ0v) is 14.2. The maximum Gasteiger partial charge on any atom is 0.245 e. The number of anilines is 1. The van der Waals surface area contributed by atoms with Gasteiger partial charge in [-0.05, 0) is 31.0 Å². The minimum absolute atomic E-state index is 0.394. The third-order valence-corrected chi connectivity index (χ3v) is 5.28. The molecule has 4 nitrogen and oxygen atoms in total. The van der Waals surface area contributed by atoms with Gasteiger partial charge in [-0.15, -0.1) is 0 Å². The average molecular weight is 331 g/mol. The topological polar surface area (TPSA) is 54.5 Å². The van der Waals surface area contributed by atoms with Gasteiger partial charge >= 0.3 is 0 Å². The highest BCUT2D eigenvalue weighted by atomic mass is 32.2. The summed E-state index contributed by atoms with van der Waals surface area (Å²) in [6.07, 6.45) is 1.76. The minimum Gasteiger partial charge on any atom is -0.311 e. The first kappa shape index (κ1) is 17.2. The lowest BCUT2D eigenvalue weighted by atomic mass is 10.1. The summed E-state index contributed by atoms with van der Waals surface area (Å²) >= 11 is 0. The van der Waals surface area contributed by atoms with Gasteiger partial charge in [0.1, 0.15) is 5.25 Å². The molecule has 0 heterocycles. The third kappa shape index (κ3) is 4.66. The Morgan fingerprint density at radius 2 is 1.52 bits per heavy atom. The Hall–Kier alpha value is -2.14. The molecule has 2 aromatic carbocycles. The van der Waals surface area contributed by atoms with Crippen molar-refractivity contribution in [2.24, 2.45) is 0 Å². The van der Waals surface area contributed by atoms with Crippen LogP contribution in [0.25, 0.3) is 0 Å². The summed E-state index contributed by atoms with van der Waals surface area (Å²) in [5.74, 6) is -0.394. The quantitative estimate of drug-likeness (QED) is 0.818. The Morgan fingerprint density at radius 3 is 2.04 bits per heavy atom. The lowest BCUT2D eigenvalue weighted by Crippen LogP contribution is -2.42. The van der Waals surface area contributed by atoms with Gasteiger partial charge in [0.25, 0.3) is 0 Å². The predicted molar refractivity (Wildman–Crippen MR) is 93.2 cm³/mol. The van der Waals surface area contributed by atoms with Crippen molar-refractivity contribution in [3.05, 3.63) is 66.2 Å². The predicted octanol–water partition coefficient (Wildman–Crippen LogP) is 2.70. The van der Waals surface area contributed by atoms with E-state index in [-0.39, 0.29) is 0 Å². The monoisotopic (exact) mass is 331 g/mol. The summed E-state index contributed by atoms with van der Waals surface area (Å²) in [5.41, 5.74) is 1.82. The molecule has 0 unspecified atom stereocenters. The summed E-state index contributed by atoms with van der Waals surface area (Å²) in [5, 5.41) is -1.06. The Balaban J connectivity index is 2.24. The van der Waals surface area contributed by atoms with Crippen molar-refractivity contribution in [3.63, 3.8) is 0 Å². The fraction of sp³-hybridized carbons (Fsp3) is 0.278. The second-order valence-corrected chi connectivity index (χ2v) is 7.90. The zero-order valence-electron chi connectivity index (χ0n) is 13.3. The van der Waals surface area contributed by atoms with Crippen LogP contribution in [0.5, 0.6) is 0 Å². The standard InChI is InChI=1S/C18H21NO3S/c1-15(23(2,21)22)18(20)19(17-11-7-4-8-12-17)14-13-16-9-5-3-6-10-16/h3-12,15H,13-14H2,1-2H3/t15-/m0/s1. The highest BCUT2D eigenvalue weighted by molar-refractivity contribution is 7.92. The number of para-hydroxylation sites is 1. The summed E-state index contributed by atoms with van der Waals surface area (Å²) in [7, 11) is -3.43. The van der Waals surface area contributed by atoms with Crippen molar-refractivity contribution in [1.82, 2.24) is 0 Å². The molecule has 0 spiro atoms. The van der Waals surface area contributed by atoms with E-state index >= 15 is 0 Å². The van der Waals surface area contributed by atoms with Gasteiger partial charge in [0.15, 0.2) is 9.84 Å². The van der Waals surface area contributed by atoms with E-state index in [1.807, 2.05) is 60.7 Å². The molecule has 2 aromatic rings. The number of carbonyl (C=O) groups excluding carboxylic acids is 1. The molecule has 1 atom stereocenters. The molecule has 1 amide bonds. The summed E-state index contributed by atoms with van der Waals surface area (Å²) in [6, 6.07) is 19.0. The molecule has 0 N–H and O–H groups in total. The molecular formula is C18H21NO3S. The fourth-order valence-electron chi connectivity index (χ4n) is 2.26. The van der Waals surface area contributed by atoms with Crippen molar-refractivity contribution < 1.29 is 13.2 Å². The van der Waals surface area contributed by atoms with Crippen molar-refractivity contribution in [2.45, 2.75) is 18.6 Å². The van der Waals surface area contributed by atoms with Crippen LogP contribution < -0.4 is 4.90 Å². The first-order valence-corrected chi connectivity index (χ1v) is 9.44. The van der Waals surface area contributed by atoms with E-state index < -0.39 is 21.0 Å². The lowest BCUT2D eigenvalue weighted by Gasteiger charge is -2.25. The van der Waals surface area contributed by atoms with E-state index in [0.717, 1.165) is 11.8 Å². The number of amides is 1. The fourth-order valence-corrected chi connectivity index (χ4v) is 2.76. The molecule has 0 aromatic heterocycles. The molecule has 0 saturated heterocycles. The molecule has 0 fully saturated rings. The molecular weight excluding hydrogens is 310 g/mol. The molecule has 0 saturated carbocycles. The van der Waals surface area contributed by atoms with Gasteiger partial charge < -0.3 is 4.90 Å². The third-order valence-electron chi connectivity index (χ3n) is 3.79. The van der Waals surface area contributed by atoms with Crippen LogP contribution in [-0.4, -0.2) is 32.4 Å². The Labute approximate surface area is 137 Å². The molecule has 5 heteroatoms. The van der Waals surface area contributed by atoms with Gasteiger partial charge in [-0.25, -0.2) is 8.42 Å². The Bertz CT molecular complexity index is 742. The van der Waals surface area contributed by atoms with Crippen LogP contribution in [0.1, 0.15) is 12.5 Å². The van der Waals surface area contributed by atoms with Crippen molar-refractivity contribution in [1.29, 1.82) is 0 Å². The number of sulfone groups is 1. The van der Waals surface area contributed by atoms with Crippen molar-refractivity contribution in [3.8, 4) is 0 Å². The maximum absolute atomic E-state index is 12.7.